The Morgan fingerprint density at radius 1 is 0.381 bits per heavy atom. The first-order chi connectivity index (χ1) is 10.2. The Labute approximate surface area is 132 Å². The molecule has 0 aromatic rings. The molecule has 0 fully saturated rings. The highest BCUT2D eigenvalue weighted by atomic mass is 14.5. The van der Waals surface area contributed by atoms with Crippen molar-refractivity contribution in [3.63, 3.8) is 0 Å². The summed E-state index contributed by atoms with van der Waals surface area (Å²) in [4.78, 5) is 0. The van der Waals surface area contributed by atoms with Gasteiger partial charge in [-0.05, 0) is 83.0 Å². The van der Waals surface area contributed by atoms with Crippen molar-refractivity contribution < 1.29 is 0 Å². The molecule has 0 aliphatic heterocycles. The summed E-state index contributed by atoms with van der Waals surface area (Å²) in [7, 11) is 0. The summed E-state index contributed by atoms with van der Waals surface area (Å²) in [5.41, 5.74) is 23.2. The Kier molecular flexibility index (Phi) is 14.7. The summed E-state index contributed by atoms with van der Waals surface area (Å²) in [5, 5.41) is 0. The van der Waals surface area contributed by atoms with Crippen LogP contribution in [-0.4, -0.2) is 26.2 Å². The van der Waals surface area contributed by atoms with E-state index in [1.807, 2.05) is 0 Å². The van der Waals surface area contributed by atoms with Gasteiger partial charge in [0.2, 0.25) is 0 Å². The maximum atomic E-state index is 5.77. The van der Waals surface area contributed by atoms with E-state index in [1.54, 1.807) is 0 Å². The van der Waals surface area contributed by atoms with Gasteiger partial charge in [-0.25, -0.2) is 0 Å². The zero-order chi connectivity index (χ0) is 15.8. The molecule has 0 atom stereocenters. The summed E-state index contributed by atoms with van der Waals surface area (Å²) in [6.45, 7) is 3.24. The van der Waals surface area contributed by atoms with Crippen molar-refractivity contribution >= 4 is 0 Å². The molecule has 0 aliphatic rings. The molecule has 0 aromatic heterocycles. The maximum absolute atomic E-state index is 5.77. The molecular weight excluding hydrogens is 260 g/mol. The number of hydrogen-bond acceptors (Lipinski definition) is 4. The van der Waals surface area contributed by atoms with Crippen molar-refractivity contribution in [3.8, 4) is 0 Å². The van der Waals surface area contributed by atoms with Crippen LogP contribution in [0.5, 0.6) is 0 Å². The Hall–Kier alpha value is -0.160. The van der Waals surface area contributed by atoms with Crippen molar-refractivity contribution in [2.75, 3.05) is 26.2 Å². The first kappa shape index (κ1) is 20.8. The minimum absolute atomic E-state index is 0.471. The van der Waals surface area contributed by atoms with Crippen LogP contribution in [0.15, 0.2) is 0 Å². The molecule has 8 N–H and O–H groups in total. The van der Waals surface area contributed by atoms with Crippen molar-refractivity contribution in [1.29, 1.82) is 0 Å². The Bertz CT molecular complexity index is 199. The second kappa shape index (κ2) is 14.8. The summed E-state index contributed by atoms with van der Waals surface area (Å²) in [6, 6.07) is 0. The molecule has 128 valence electrons. The number of hydrogen-bond donors (Lipinski definition) is 4. The fourth-order valence-corrected chi connectivity index (χ4v) is 3.34. The summed E-state index contributed by atoms with van der Waals surface area (Å²) < 4.78 is 0. The fourth-order valence-electron chi connectivity index (χ4n) is 3.34. The Morgan fingerprint density at radius 3 is 1.14 bits per heavy atom. The minimum atomic E-state index is 0.471. The molecule has 4 heteroatoms. The van der Waals surface area contributed by atoms with E-state index in [1.165, 1.54) is 51.4 Å². The summed E-state index contributed by atoms with van der Waals surface area (Å²) in [5.74, 6) is 0. The van der Waals surface area contributed by atoms with Crippen LogP contribution in [-0.2, 0) is 0 Å². The van der Waals surface area contributed by atoms with Gasteiger partial charge in [0, 0.05) is 0 Å². The summed E-state index contributed by atoms with van der Waals surface area (Å²) in [6.07, 6.45) is 14.8. The van der Waals surface area contributed by atoms with Crippen LogP contribution in [0.2, 0.25) is 0 Å². The van der Waals surface area contributed by atoms with E-state index in [0.717, 1.165) is 51.9 Å². The monoisotopic (exact) mass is 300 g/mol. The lowest BCUT2D eigenvalue weighted by molar-refractivity contribution is 0.177. The zero-order valence-electron chi connectivity index (χ0n) is 14.1. The molecule has 0 rings (SSSR count). The molecule has 0 heterocycles. The van der Waals surface area contributed by atoms with Crippen LogP contribution in [0.25, 0.3) is 0 Å². The van der Waals surface area contributed by atoms with Gasteiger partial charge in [0.25, 0.3) is 0 Å². The smallest absolute Gasteiger partial charge is 0.00771 e. The maximum Gasteiger partial charge on any atom is -0.00771 e. The molecular formula is C17H40N4. The molecule has 0 aromatic carbocycles. The van der Waals surface area contributed by atoms with Gasteiger partial charge in [0.15, 0.2) is 0 Å². The van der Waals surface area contributed by atoms with Crippen LogP contribution in [0.3, 0.4) is 0 Å². The van der Waals surface area contributed by atoms with Gasteiger partial charge in [-0.15, -0.1) is 0 Å². The fraction of sp³-hybridized carbons (Fsp3) is 1.00. The van der Waals surface area contributed by atoms with Gasteiger partial charge in [-0.1, -0.05) is 25.7 Å². The first-order valence-electron chi connectivity index (χ1n) is 9.05. The SMILES string of the molecule is NCCCCCC(CCCN)(CCCCN)CCCCN. The Balaban J connectivity index is 4.48. The predicted molar refractivity (Wildman–Crippen MR) is 94.1 cm³/mol. The van der Waals surface area contributed by atoms with Gasteiger partial charge in [0.1, 0.15) is 0 Å². The van der Waals surface area contributed by atoms with Gasteiger partial charge in [-0.3, -0.25) is 0 Å². The second-order valence-electron chi connectivity index (χ2n) is 6.48. The van der Waals surface area contributed by atoms with E-state index < -0.39 is 0 Å². The van der Waals surface area contributed by atoms with Gasteiger partial charge < -0.3 is 22.9 Å². The second-order valence-corrected chi connectivity index (χ2v) is 6.48. The van der Waals surface area contributed by atoms with Gasteiger partial charge in [0.05, 0.1) is 0 Å². The quantitative estimate of drug-likeness (QED) is 0.329. The molecule has 0 spiro atoms. The van der Waals surface area contributed by atoms with Crippen LogP contribution >= 0.6 is 0 Å². The van der Waals surface area contributed by atoms with E-state index in [4.69, 9.17) is 22.9 Å². The van der Waals surface area contributed by atoms with Gasteiger partial charge in [-0.2, -0.15) is 0 Å². The molecule has 21 heavy (non-hydrogen) atoms. The number of nitrogens with two attached hydrogens (primary N) is 4. The third-order valence-corrected chi connectivity index (χ3v) is 4.64. The molecule has 4 nitrogen and oxygen atoms in total. The molecule has 0 amide bonds. The molecule has 0 saturated heterocycles. The average molecular weight is 301 g/mol. The number of unbranched alkanes of at least 4 members (excludes halogenated alkanes) is 4. The van der Waals surface area contributed by atoms with Crippen LogP contribution in [0, 0.1) is 5.41 Å². The van der Waals surface area contributed by atoms with Crippen molar-refractivity contribution in [2.24, 2.45) is 28.3 Å². The predicted octanol–water partition coefficient (Wildman–Crippen LogP) is 2.49. The van der Waals surface area contributed by atoms with E-state index in [-0.39, 0.29) is 0 Å². The van der Waals surface area contributed by atoms with Crippen LogP contribution in [0.1, 0.15) is 77.0 Å². The molecule has 0 aliphatic carbocycles. The lowest BCUT2D eigenvalue weighted by atomic mass is 9.71. The molecule has 0 bridgehead atoms. The van der Waals surface area contributed by atoms with Crippen molar-refractivity contribution in [3.05, 3.63) is 0 Å². The Morgan fingerprint density at radius 2 is 0.714 bits per heavy atom. The van der Waals surface area contributed by atoms with E-state index in [2.05, 4.69) is 0 Å². The lowest BCUT2D eigenvalue weighted by Gasteiger charge is -2.35. The molecule has 0 saturated carbocycles. The normalized spacial score (nSPS) is 12.0. The van der Waals surface area contributed by atoms with Gasteiger partial charge >= 0.3 is 0 Å². The highest BCUT2D eigenvalue weighted by molar-refractivity contribution is 4.80. The van der Waals surface area contributed by atoms with E-state index in [0.29, 0.717) is 5.41 Å². The van der Waals surface area contributed by atoms with E-state index in [9.17, 15) is 0 Å². The zero-order valence-corrected chi connectivity index (χ0v) is 14.1. The topological polar surface area (TPSA) is 104 Å². The highest BCUT2D eigenvalue weighted by Crippen LogP contribution is 2.40. The van der Waals surface area contributed by atoms with E-state index >= 15 is 0 Å². The van der Waals surface area contributed by atoms with Crippen LogP contribution in [0.4, 0.5) is 0 Å². The van der Waals surface area contributed by atoms with Crippen molar-refractivity contribution in [2.45, 2.75) is 77.0 Å². The third kappa shape index (κ3) is 11.1. The van der Waals surface area contributed by atoms with Crippen LogP contribution < -0.4 is 22.9 Å². The standard InChI is InChI=1S/C17H40N4/c18-13-5-1-2-9-17(12-8-16-21,10-3-6-14-19)11-4-7-15-20/h1-16,18-21H2. The number of rotatable bonds is 16. The molecule has 0 unspecified atom stereocenters. The average Bonchev–Trinajstić information content (AvgIpc) is 2.50. The van der Waals surface area contributed by atoms with Crippen molar-refractivity contribution in [1.82, 2.24) is 0 Å². The minimum Gasteiger partial charge on any atom is -0.330 e. The molecule has 0 radical (unpaired) electrons. The lowest BCUT2D eigenvalue weighted by Crippen LogP contribution is -2.23. The first-order valence-corrected chi connectivity index (χ1v) is 9.05. The highest BCUT2D eigenvalue weighted by Gasteiger charge is 2.27. The largest absolute Gasteiger partial charge is 0.330 e. The summed E-state index contributed by atoms with van der Waals surface area (Å²) >= 11 is 0. The third-order valence-electron chi connectivity index (χ3n) is 4.64.